The highest BCUT2D eigenvalue weighted by molar-refractivity contribution is 5.81. The summed E-state index contributed by atoms with van der Waals surface area (Å²) in [4.78, 5) is 14.5. The summed E-state index contributed by atoms with van der Waals surface area (Å²) in [6.45, 7) is 2.86. The average Bonchev–Trinajstić information content (AvgIpc) is 3.17. The van der Waals surface area contributed by atoms with Crippen LogP contribution in [-0.2, 0) is 13.1 Å². The minimum Gasteiger partial charge on any atom is -0.491 e. The number of aromatic amines is 1. The molecule has 1 saturated carbocycles. The second kappa shape index (κ2) is 9.85. The summed E-state index contributed by atoms with van der Waals surface area (Å²) in [6, 6.07) is 10.1. The number of fused-ring (bicyclic) bond motifs is 1. The molecule has 0 atom stereocenters. The Labute approximate surface area is 171 Å². The Balaban J connectivity index is 1.45. The fourth-order valence-corrected chi connectivity index (χ4v) is 4.12. The van der Waals surface area contributed by atoms with E-state index in [1.807, 2.05) is 30.3 Å². The monoisotopic (exact) mass is 394 g/mol. The van der Waals surface area contributed by atoms with Crippen molar-refractivity contribution in [3.63, 3.8) is 0 Å². The Morgan fingerprint density at radius 1 is 1.07 bits per heavy atom. The second-order valence-corrected chi connectivity index (χ2v) is 7.94. The molecule has 1 aliphatic rings. The van der Waals surface area contributed by atoms with Crippen LogP contribution >= 0.6 is 0 Å². The number of ether oxygens (including phenoxy) is 1. The molecule has 2 aromatic heterocycles. The second-order valence-electron chi connectivity index (χ2n) is 7.94. The number of aromatic nitrogens is 3. The van der Waals surface area contributed by atoms with Crippen molar-refractivity contribution >= 4 is 11.0 Å². The lowest BCUT2D eigenvalue weighted by Gasteiger charge is -2.21. The zero-order valence-corrected chi connectivity index (χ0v) is 16.9. The number of imidazole rings is 1. The van der Waals surface area contributed by atoms with Crippen LogP contribution in [0, 0.1) is 5.92 Å². The van der Waals surface area contributed by atoms with Crippen LogP contribution in [-0.4, -0.2) is 44.7 Å². The van der Waals surface area contributed by atoms with Gasteiger partial charge in [0.1, 0.15) is 17.1 Å². The van der Waals surface area contributed by atoms with E-state index in [-0.39, 0.29) is 6.61 Å². The summed E-state index contributed by atoms with van der Waals surface area (Å²) in [5, 5.41) is 9.47. The van der Waals surface area contributed by atoms with Gasteiger partial charge in [-0.25, -0.2) is 4.98 Å². The summed E-state index contributed by atoms with van der Waals surface area (Å²) in [7, 11) is 0. The van der Waals surface area contributed by atoms with Crippen molar-refractivity contribution in [1.29, 1.82) is 0 Å². The Hall–Kier alpha value is -2.44. The highest BCUT2D eigenvalue weighted by atomic mass is 16.5. The van der Waals surface area contributed by atoms with Crippen molar-refractivity contribution < 1.29 is 9.84 Å². The van der Waals surface area contributed by atoms with Crippen LogP contribution in [0.25, 0.3) is 11.0 Å². The van der Waals surface area contributed by atoms with Crippen molar-refractivity contribution in [3.05, 3.63) is 54.1 Å². The molecule has 3 aromatic rings. The molecule has 0 unspecified atom stereocenters. The molecule has 2 heterocycles. The standard InChI is InChI=1S/C23H30N4O2/c28-14-13-27(15-18-9-11-24-12-10-18)16-22-25-20-7-4-8-21(23(20)26-22)29-17-19-5-2-1-3-6-19/h4,7-12,19,28H,1-3,5-6,13-17H2,(H,25,26). The number of benzene rings is 1. The van der Waals surface area contributed by atoms with E-state index in [0.29, 0.717) is 19.0 Å². The van der Waals surface area contributed by atoms with E-state index in [1.165, 1.54) is 37.7 Å². The molecule has 29 heavy (non-hydrogen) atoms. The molecule has 0 saturated heterocycles. The first-order valence-electron chi connectivity index (χ1n) is 10.6. The maximum atomic E-state index is 9.47. The van der Waals surface area contributed by atoms with Crippen LogP contribution in [0.15, 0.2) is 42.7 Å². The number of nitrogens with zero attached hydrogens (tertiary/aromatic N) is 3. The zero-order valence-electron chi connectivity index (χ0n) is 16.9. The molecule has 0 radical (unpaired) electrons. The molecular formula is C23H30N4O2. The highest BCUT2D eigenvalue weighted by Crippen LogP contribution is 2.28. The third-order valence-electron chi connectivity index (χ3n) is 5.67. The lowest BCUT2D eigenvalue weighted by Crippen LogP contribution is -2.26. The molecule has 1 fully saturated rings. The molecule has 1 aliphatic carbocycles. The smallest absolute Gasteiger partial charge is 0.147 e. The quantitative estimate of drug-likeness (QED) is 0.576. The van der Waals surface area contributed by atoms with Crippen LogP contribution in [0.5, 0.6) is 5.75 Å². The van der Waals surface area contributed by atoms with Gasteiger partial charge in [0, 0.05) is 25.5 Å². The van der Waals surface area contributed by atoms with Gasteiger partial charge in [0.05, 0.1) is 25.3 Å². The van der Waals surface area contributed by atoms with Gasteiger partial charge in [0.2, 0.25) is 0 Å². The van der Waals surface area contributed by atoms with Crippen LogP contribution in [0.3, 0.4) is 0 Å². The van der Waals surface area contributed by atoms with Crippen molar-refractivity contribution in [2.24, 2.45) is 5.92 Å². The fourth-order valence-electron chi connectivity index (χ4n) is 4.12. The van der Waals surface area contributed by atoms with Gasteiger partial charge in [0.25, 0.3) is 0 Å². The van der Waals surface area contributed by atoms with Gasteiger partial charge in [-0.1, -0.05) is 25.3 Å². The highest BCUT2D eigenvalue weighted by Gasteiger charge is 2.16. The summed E-state index contributed by atoms with van der Waals surface area (Å²) in [5.41, 5.74) is 3.06. The van der Waals surface area contributed by atoms with Gasteiger partial charge in [-0.2, -0.15) is 0 Å². The number of nitrogens with one attached hydrogen (secondary N) is 1. The molecule has 0 aliphatic heterocycles. The van der Waals surface area contributed by atoms with Gasteiger partial charge in [-0.3, -0.25) is 9.88 Å². The molecule has 4 rings (SSSR count). The number of aliphatic hydroxyl groups excluding tert-OH is 1. The molecule has 6 nitrogen and oxygen atoms in total. The third-order valence-corrected chi connectivity index (χ3v) is 5.67. The largest absolute Gasteiger partial charge is 0.491 e. The van der Waals surface area contributed by atoms with E-state index in [1.54, 1.807) is 12.4 Å². The summed E-state index contributed by atoms with van der Waals surface area (Å²) in [5.74, 6) is 2.41. The Bertz CT molecular complexity index is 890. The molecule has 1 aromatic carbocycles. The lowest BCUT2D eigenvalue weighted by atomic mass is 9.90. The summed E-state index contributed by atoms with van der Waals surface area (Å²) < 4.78 is 6.18. The average molecular weight is 395 g/mol. The van der Waals surface area contributed by atoms with Crippen molar-refractivity contribution in [1.82, 2.24) is 19.9 Å². The van der Waals surface area contributed by atoms with Crippen molar-refractivity contribution in [3.8, 4) is 5.75 Å². The van der Waals surface area contributed by atoms with Crippen LogP contribution < -0.4 is 4.74 Å². The fraction of sp³-hybridized carbons (Fsp3) is 0.478. The van der Waals surface area contributed by atoms with E-state index < -0.39 is 0 Å². The van der Waals surface area contributed by atoms with Gasteiger partial charge in [-0.15, -0.1) is 0 Å². The van der Waals surface area contributed by atoms with Crippen LogP contribution in [0.4, 0.5) is 0 Å². The number of H-pyrrole nitrogens is 1. The number of aliphatic hydroxyl groups is 1. The number of para-hydroxylation sites is 1. The Kier molecular flexibility index (Phi) is 6.75. The Morgan fingerprint density at radius 3 is 2.69 bits per heavy atom. The minimum absolute atomic E-state index is 0.112. The van der Waals surface area contributed by atoms with E-state index in [4.69, 9.17) is 9.72 Å². The molecule has 0 amide bonds. The first-order chi connectivity index (χ1) is 14.3. The predicted molar refractivity (Wildman–Crippen MR) is 114 cm³/mol. The molecule has 0 spiro atoms. The van der Waals surface area contributed by atoms with E-state index >= 15 is 0 Å². The van der Waals surface area contributed by atoms with Crippen molar-refractivity contribution in [2.75, 3.05) is 19.8 Å². The maximum absolute atomic E-state index is 9.47. The maximum Gasteiger partial charge on any atom is 0.147 e. The van der Waals surface area contributed by atoms with Gasteiger partial charge in [-0.05, 0) is 48.6 Å². The minimum atomic E-state index is 0.112. The number of rotatable bonds is 9. The SMILES string of the molecule is OCCN(Cc1ccncc1)Cc1nc2c(OCC3CCCCC3)cccc2[nH]1. The zero-order chi connectivity index (χ0) is 19.9. The van der Waals surface area contributed by atoms with E-state index in [0.717, 1.165) is 35.8 Å². The third kappa shape index (κ3) is 5.34. The first kappa shape index (κ1) is 19.9. The summed E-state index contributed by atoms with van der Waals surface area (Å²) >= 11 is 0. The first-order valence-corrected chi connectivity index (χ1v) is 10.6. The number of hydrogen-bond donors (Lipinski definition) is 2. The van der Waals surface area contributed by atoms with Crippen LogP contribution in [0.2, 0.25) is 0 Å². The van der Waals surface area contributed by atoms with Gasteiger partial charge < -0.3 is 14.8 Å². The molecule has 2 N–H and O–H groups in total. The van der Waals surface area contributed by atoms with Crippen molar-refractivity contribution in [2.45, 2.75) is 45.2 Å². The van der Waals surface area contributed by atoms with E-state index in [9.17, 15) is 5.11 Å². The van der Waals surface area contributed by atoms with Crippen LogP contribution in [0.1, 0.15) is 43.5 Å². The topological polar surface area (TPSA) is 74.3 Å². The molecular weight excluding hydrogens is 364 g/mol. The van der Waals surface area contributed by atoms with Gasteiger partial charge >= 0.3 is 0 Å². The number of hydrogen-bond acceptors (Lipinski definition) is 5. The molecule has 6 heteroatoms. The van der Waals surface area contributed by atoms with E-state index in [2.05, 4.69) is 14.9 Å². The molecule has 0 bridgehead atoms. The summed E-state index contributed by atoms with van der Waals surface area (Å²) in [6.07, 6.45) is 10.1. The predicted octanol–water partition coefficient (Wildman–Crippen LogP) is 3.91. The number of pyridine rings is 1. The van der Waals surface area contributed by atoms with Gasteiger partial charge in [0.15, 0.2) is 0 Å². The Morgan fingerprint density at radius 2 is 1.90 bits per heavy atom. The molecule has 154 valence electrons. The normalized spacial score (nSPS) is 15.2. The lowest BCUT2D eigenvalue weighted by molar-refractivity contribution is 0.181.